The Morgan fingerprint density at radius 3 is 2.75 bits per heavy atom. The van der Waals surface area contributed by atoms with Crippen LogP contribution in [0.5, 0.6) is 0 Å². The summed E-state index contributed by atoms with van der Waals surface area (Å²) in [5.41, 5.74) is 2.52. The first-order valence-corrected chi connectivity index (χ1v) is 5.63. The summed E-state index contributed by atoms with van der Waals surface area (Å²) in [6.45, 7) is 7.43. The predicted molar refractivity (Wildman–Crippen MR) is 68.3 cm³/mol. The average Bonchev–Trinajstić information content (AvgIpc) is 2.25. The monoisotopic (exact) mass is 214 g/mol. The Kier molecular flexibility index (Phi) is 2.92. The molecule has 0 aliphatic carbocycles. The first-order chi connectivity index (χ1) is 7.54. The molecule has 2 rings (SSSR count). The number of hydrogen-bond donors (Lipinski definition) is 1. The molecule has 1 heterocycles. The van der Waals surface area contributed by atoms with Crippen LogP contribution in [0.15, 0.2) is 36.5 Å². The highest BCUT2D eigenvalue weighted by atomic mass is 14.9. The maximum atomic E-state index is 4.31. The van der Waals surface area contributed by atoms with Crippen molar-refractivity contribution in [1.82, 2.24) is 10.3 Å². The van der Waals surface area contributed by atoms with E-state index in [0.717, 1.165) is 12.1 Å². The molecule has 2 nitrogen and oxygen atoms in total. The maximum absolute atomic E-state index is 4.31. The normalized spacial score (nSPS) is 11.9. The summed E-state index contributed by atoms with van der Waals surface area (Å²) in [6, 6.07) is 10.5. The van der Waals surface area contributed by atoms with Crippen molar-refractivity contribution in [1.29, 1.82) is 0 Å². The molecule has 0 aliphatic heterocycles. The van der Waals surface area contributed by atoms with Crippen LogP contribution in [-0.2, 0) is 6.54 Å². The zero-order chi connectivity index (χ0) is 11.6. The number of rotatable bonds is 2. The molecule has 0 spiro atoms. The third kappa shape index (κ3) is 2.80. The molecule has 16 heavy (non-hydrogen) atoms. The van der Waals surface area contributed by atoms with E-state index in [1.54, 1.807) is 0 Å². The topological polar surface area (TPSA) is 24.9 Å². The quantitative estimate of drug-likeness (QED) is 0.830. The highest BCUT2D eigenvalue weighted by Crippen LogP contribution is 2.13. The lowest BCUT2D eigenvalue weighted by Gasteiger charge is -2.20. The molecule has 0 atom stereocenters. The van der Waals surface area contributed by atoms with Gasteiger partial charge in [-0.15, -0.1) is 0 Å². The molecule has 0 amide bonds. The van der Waals surface area contributed by atoms with Crippen LogP contribution in [-0.4, -0.2) is 10.5 Å². The van der Waals surface area contributed by atoms with Crippen molar-refractivity contribution in [3.05, 3.63) is 42.1 Å². The average molecular weight is 214 g/mol. The summed E-state index contributed by atoms with van der Waals surface area (Å²) in [6.07, 6.45) is 1.83. The Labute approximate surface area is 96.7 Å². The van der Waals surface area contributed by atoms with Crippen LogP contribution in [0.3, 0.4) is 0 Å². The van der Waals surface area contributed by atoms with Gasteiger partial charge in [0.1, 0.15) is 0 Å². The number of hydrogen-bond acceptors (Lipinski definition) is 2. The minimum Gasteiger partial charge on any atom is -0.308 e. The van der Waals surface area contributed by atoms with Gasteiger partial charge >= 0.3 is 0 Å². The van der Waals surface area contributed by atoms with Crippen molar-refractivity contribution in [3.63, 3.8) is 0 Å². The second-order valence-corrected chi connectivity index (χ2v) is 5.13. The van der Waals surface area contributed by atoms with Crippen LogP contribution < -0.4 is 5.32 Å². The SMILES string of the molecule is CC(C)(C)NCc1ccc2ncccc2c1. The molecule has 1 aromatic carbocycles. The van der Waals surface area contributed by atoms with Gasteiger partial charge in [-0.2, -0.15) is 0 Å². The lowest BCUT2D eigenvalue weighted by molar-refractivity contribution is 0.424. The summed E-state index contributed by atoms with van der Waals surface area (Å²) in [5, 5.41) is 4.69. The molecule has 2 heteroatoms. The van der Waals surface area contributed by atoms with Crippen molar-refractivity contribution < 1.29 is 0 Å². The van der Waals surface area contributed by atoms with Gasteiger partial charge in [-0.1, -0.05) is 12.1 Å². The molecule has 0 radical (unpaired) electrons. The van der Waals surface area contributed by atoms with Crippen LogP contribution in [0.4, 0.5) is 0 Å². The first kappa shape index (κ1) is 11.1. The van der Waals surface area contributed by atoms with E-state index < -0.39 is 0 Å². The molecule has 0 bridgehead atoms. The highest BCUT2D eigenvalue weighted by molar-refractivity contribution is 5.78. The second kappa shape index (κ2) is 4.22. The van der Waals surface area contributed by atoms with Crippen molar-refractivity contribution in [2.45, 2.75) is 32.9 Å². The third-order valence-corrected chi connectivity index (χ3v) is 2.49. The Balaban J connectivity index is 2.20. The smallest absolute Gasteiger partial charge is 0.0702 e. The van der Waals surface area contributed by atoms with E-state index >= 15 is 0 Å². The van der Waals surface area contributed by atoms with Gasteiger partial charge in [-0.3, -0.25) is 4.98 Å². The number of pyridine rings is 1. The summed E-state index contributed by atoms with van der Waals surface area (Å²) in [7, 11) is 0. The van der Waals surface area contributed by atoms with E-state index in [4.69, 9.17) is 0 Å². The fourth-order valence-electron chi connectivity index (χ4n) is 1.60. The number of benzene rings is 1. The molecule has 0 fully saturated rings. The molecule has 1 aromatic heterocycles. The minimum atomic E-state index is 0.157. The van der Waals surface area contributed by atoms with Gasteiger partial charge in [-0.05, 0) is 44.5 Å². The molecule has 0 aliphatic rings. The Bertz CT molecular complexity index is 483. The zero-order valence-electron chi connectivity index (χ0n) is 10.1. The highest BCUT2D eigenvalue weighted by Gasteiger charge is 2.08. The van der Waals surface area contributed by atoms with Crippen LogP contribution in [0.25, 0.3) is 10.9 Å². The van der Waals surface area contributed by atoms with E-state index in [1.165, 1.54) is 10.9 Å². The molecule has 0 saturated carbocycles. The maximum Gasteiger partial charge on any atom is 0.0702 e. The molecule has 2 aromatic rings. The van der Waals surface area contributed by atoms with Crippen LogP contribution in [0, 0.1) is 0 Å². The van der Waals surface area contributed by atoms with Crippen molar-refractivity contribution >= 4 is 10.9 Å². The number of nitrogens with zero attached hydrogens (tertiary/aromatic N) is 1. The van der Waals surface area contributed by atoms with Crippen LogP contribution in [0.2, 0.25) is 0 Å². The summed E-state index contributed by atoms with van der Waals surface area (Å²) >= 11 is 0. The van der Waals surface area contributed by atoms with Gasteiger partial charge in [0.05, 0.1) is 5.52 Å². The fraction of sp³-hybridized carbons (Fsp3) is 0.357. The molecule has 1 N–H and O–H groups in total. The van der Waals surface area contributed by atoms with Gasteiger partial charge in [0.15, 0.2) is 0 Å². The molecular formula is C14H18N2. The standard InChI is InChI=1S/C14H18N2/c1-14(2,3)16-10-11-6-7-13-12(9-11)5-4-8-15-13/h4-9,16H,10H2,1-3H3. The Hall–Kier alpha value is -1.41. The van der Waals surface area contributed by atoms with Gasteiger partial charge < -0.3 is 5.32 Å². The van der Waals surface area contributed by atoms with Crippen molar-refractivity contribution in [3.8, 4) is 0 Å². The lowest BCUT2D eigenvalue weighted by atomic mass is 10.1. The van der Waals surface area contributed by atoms with E-state index in [1.807, 2.05) is 12.3 Å². The van der Waals surface area contributed by atoms with Crippen LogP contribution >= 0.6 is 0 Å². The number of nitrogens with one attached hydrogen (secondary N) is 1. The van der Waals surface area contributed by atoms with Crippen molar-refractivity contribution in [2.24, 2.45) is 0 Å². The van der Waals surface area contributed by atoms with Gasteiger partial charge in [0.25, 0.3) is 0 Å². The van der Waals surface area contributed by atoms with Crippen molar-refractivity contribution in [2.75, 3.05) is 0 Å². The molecule has 84 valence electrons. The van der Waals surface area contributed by atoms with Crippen LogP contribution in [0.1, 0.15) is 26.3 Å². The fourth-order valence-corrected chi connectivity index (χ4v) is 1.60. The molecular weight excluding hydrogens is 196 g/mol. The summed E-state index contributed by atoms with van der Waals surface area (Å²) in [4.78, 5) is 4.31. The van der Waals surface area contributed by atoms with Gasteiger partial charge in [-0.25, -0.2) is 0 Å². The first-order valence-electron chi connectivity index (χ1n) is 5.63. The Morgan fingerprint density at radius 2 is 2.00 bits per heavy atom. The summed E-state index contributed by atoms with van der Waals surface area (Å²) in [5.74, 6) is 0. The Morgan fingerprint density at radius 1 is 1.19 bits per heavy atom. The van der Waals surface area contributed by atoms with E-state index in [0.29, 0.717) is 0 Å². The summed E-state index contributed by atoms with van der Waals surface area (Å²) < 4.78 is 0. The number of aromatic nitrogens is 1. The number of fused-ring (bicyclic) bond motifs is 1. The largest absolute Gasteiger partial charge is 0.308 e. The minimum absolute atomic E-state index is 0.157. The lowest BCUT2D eigenvalue weighted by Crippen LogP contribution is -2.35. The molecule has 0 saturated heterocycles. The predicted octanol–water partition coefficient (Wildman–Crippen LogP) is 3.12. The second-order valence-electron chi connectivity index (χ2n) is 5.13. The van der Waals surface area contributed by atoms with Gasteiger partial charge in [0.2, 0.25) is 0 Å². The van der Waals surface area contributed by atoms with Gasteiger partial charge in [0, 0.05) is 23.7 Å². The van der Waals surface area contributed by atoms with E-state index in [2.05, 4.69) is 55.3 Å². The zero-order valence-corrected chi connectivity index (χ0v) is 10.1. The van der Waals surface area contributed by atoms with E-state index in [-0.39, 0.29) is 5.54 Å². The van der Waals surface area contributed by atoms with E-state index in [9.17, 15) is 0 Å². The third-order valence-electron chi connectivity index (χ3n) is 2.49. The molecule has 0 unspecified atom stereocenters.